The maximum Gasteiger partial charge on any atom is 0.155 e. The first-order valence-corrected chi connectivity index (χ1v) is 6.50. The second-order valence-corrected chi connectivity index (χ2v) is 5.87. The Kier molecular flexibility index (Phi) is 4.88. The van der Waals surface area contributed by atoms with Gasteiger partial charge in [-0.2, -0.15) is 0 Å². The van der Waals surface area contributed by atoms with Gasteiger partial charge < -0.3 is 10.2 Å². The number of aliphatic hydroxyl groups is 2. The summed E-state index contributed by atoms with van der Waals surface area (Å²) in [5, 5.41) is 19.7. The van der Waals surface area contributed by atoms with Crippen LogP contribution in [-0.4, -0.2) is 27.7 Å². The summed E-state index contributed by atoms with van der Waals surface area (Å²) in [5.74, 6) is 0.451. The van der Waals surface area contributed by atoms with Gasteiger partial charge in [0.1, 0.15) is 5.60 Å². The van der Waals surface area contributed by atoms with Crippen LogP contribution < -0.4 is 0 Å². The van der Waals surface area contributed by atoms with Crippen LogP contribution in [0.3, 0.4) is 0 Å². The molecule has 0 amide bonds. The number of allylic oxidation sites excluding steroid dienone is 3. The second-order valence-electron chi connectivity index (χ2n) is 5.87. The lowest BCUT2D eigenvalue weighted by molar-refractivity contribution is -0.115. The van der Waals surface area contributed by atoms with E-state index in [1.807, 2.05) is 26.8 Å². The first-order valence-electron chi connectivity index (χ1n) is 6.50. The van der Waals surface area contributed by atoms with Crippen LogP contribution in [0.2, 0.25) is 0 Å². The van der Waals surface area contributed by atoms with E-state index in [9.17, 15) is 15.0 Å². The van der Waals surface area contributed by atoms with Crippen molar-refractivity contribution in [3.05, 3.63) is 23.8 Å². The smallest absolute Gasteiger partial charge is 0.155 e. The minimum absolute atomic E-state index is 0.128. The fourth-order valence-electron chi connectivity index (χ4n) is 2.28. The molecule has 3 nitrogen and oxygen atoms in total. The summed E-state index contributed by atoms with van der Waals surface area (Å²) in [5.41, 5.74) is -0.130. The molecule has 1 aliphatic rings. The minimum Gasteiger partial charge on any atom is -0.390 e. The predicted octanol–water partition coefficient (Wildman–Crippen LogP) is 2.24. The van der Waals surface area contributed by atoms with E-state index < -0.39 is 11.7 Å². The normalized spacial score (nSPS) is 33.0. The van der Waals surface area contributed by atoms with Gasteiger partial charge in [0.15, 0.2) is 5.78 Å². The van der Waals surface area contributed by atoms with E-state index >= 15 is 0 Å². The van der Waals surface area contributed by atoms with Crippen molar-refractivity contribution in [2.45, 2.75) is 52.2 Å². The zero-order valence-corrected chi connectivity index (χ0v) is 11.7. The summed E-state index contributed by atoms with van der Waals surface area (Å²) in [7, 11) is 0. The molecule has 0 aromatic rings. The van der Waals surface area contributed by atoms with Gasteiger partial charge in [0, 0.05) is 6.42 Å². The van der Waals surface area contributed by atoms with Gasteiger partial charge >= 0.3 is 0 Å². The second kappa shape index (κ2) is 5.81. The molecule has 18 heavy (non-hydrogen) atoms. The van der Waals surface area contributed by atoms with Crippen LogP contribution in [0.5, 0.6) is 0 Å². The van der Waals surface area contributed by atoms with Crippen molar-refractivity contribution in [1.82, 2.24) is 0 Å². The first kappa shape index (κ1) is 15.1. The van der Waals surface area contributed by atoms with Gasteiger partial charge in [-0.15, -0.1) is 0 Å². The van der Waals surface area contributed by atoms with Crippen molar-refractivity contribution in [3.63, 3.8) is 0 Å². The highest BCUT2D eigenvalue weighted by Crippen LogP contribution is 2.31. The topological polar surface area (TPSA) is 57.5 Å². The molecule has 0 heterocycles. The summed E-state index contributed by atoms with van der Waals surface area (Å²) >= 11 is 0. The monoisotopic (exact) mass is 252 g/mol. The Morgan fingerprint density at radius 3 is 2.67 bits per heavy atom. The molecule has 0 aromatic carbocycles. The third-order valence-corrected chi connectivity index (χ3v) is 3.55. The van der Waals surface area contributed by atoms with Crippen molar-refractivity contribution in [2.24, 2.45) is 11.8 Å². The molecule has 2 unspecified atom stereocenters. The molecule has 0 spiro atoms. The fraction of sp³-hybridized carbons (Fsp3) is 0.667. The van der Waals surface area contributed by atoms with E-state index in [1.165, 1.54) is 0 Å². The minimum atomic E-state index is -1.14. The Balaban J connectivity index is 2.62. The standard InChI is InChI=1S/C15H24O3/c1-10(2)7-13(16)8-11(3)12-5-6-15(4,18)14(17)9-12/h5-7,11-12,14,17-18H,8-9H2,1-4H3/t11?,12-,14?,15-/m1/s1. The molecule has 0 saturated carbocycles. The number of carbonyl (C=O) groups is 1. The Hall–Kier alpha value is -0.930. The van der Waals surface area contributed by atoms with E-state index in [4.69, 9.17) is 0 Å². The van der Waals surface area contributed by atoms with Gasteiger partial charge in [-0.1, -0.05) is 24.6 Å². The molecule has 102 valence electrons. The summed E-state index contributed by atoms with van der Waals surface area (Å²) in [6.45, 7) is 7.43. The maximum atomic E-state index is 11.7. The van der Waals surface area contributed by atoms with Gasteiger partial charge in [0.25, 0.3) is 0 Å². The largest absolute Gasteiger partial charge is 0.390 e. The van der Waals surface area contributed by atoms with Crippen LogP contribution in [-0.2, 0) is 4.79 Å². The first-order chi connectivity index (χ1) is 8.22. The van der Waals surface area contributed by atoms with Crippen LogP contribution >= 0.6 is 0 Å². The average molecular weight is 252 g/mol. The molecule has 0 aliphatic heterocycles. The highest BCUT2D eigenvalue weighted by Gasteiger charge is 2.34. The molecule has 0 fully saturated rings. The Morgan fingerprint density at radius 2 is 2.17 bits per heavy atom. The Morgan fingerprint density at radius 1 is 1.56 bits per heavy atom. The lowest BCUT2D eigenvalue weighted by Crippen LogP contribution is -2.42. The number of carbonyl (C=O) groups excluding carboxylic acids is 1. The average Bonchev–Trinajstić information content (AvgIpc) is 2.20. The van der Waals surface area contributed by atoms with E-state index in [1.54, 1.807) is 19.1 Å². The molecular formula is C15H24O3. The van der Waals surface area contributed by atoms with Crippen LogP contribution in [0.4, 0.5) is 0 Å². The van der Waals surface area contributed by atoms with Crippen LogP contribution in [0.25, 0.3) is 0 Å². The Bertz CT molecular complexity index is 362. The van der Waals surface area contributed by atoms with Gasteiger partial charge in [-0.3, -0.25) is 4.79 Å². The van der Waals surface area contributed by atoms with Crippen LogP contribution in [0.1, 0.15) is 40.5 Å². The van der Waals surface area contributed by atoms with E-state index in [-0.39, 0.29) is 17.6 Å². The van der Waals surface area contributed by atoms with E-state index in [0.29, 0.717) is 12.8 Å². The number of hydrogen-bond acceptors (Lipinski definition) is 3. The van der Waals surface area contributed by atoms with Crippen molar-refractivity contribution in [1.29, 1.82) is 0 Å². The highest BCUT2D eigenvalue weighted by atomic mass is 16.3. The molecule has 2 N–H and O–H groups in total. The molecular weight excluding hydrogens is 228 g/mol. The molecule has 3 heteroatoms. The number of ketones is 1. The lowest BCUT2D eigenvalue weighted by atomic mass is 9.77. The van der Waals surface area contributed by atoms with Gasteiger partial charge in [-0.25, -0.2) is 0 Å². The van der Waals surface area contributed by atoms with E-state index in [0.717, 1.165) is 5.57 Å². The number of aliphatic hydroxyl groups excluding tert-OH is 1. The molecule has 1 aliphatic carbocycles. The molecule has 0 saturated heterocycles. The van der Waals surface area contributed by atoms with Crippen LogP contribution in [0, 0.1) is 11.8 Å². The third-order valence-electron chi connectivity index (χ3n) is 3.55. The summed E-state index contributed by atoms with van der Waals surface area (Å²) in [4.78, 5) is 11.7. The summed E-state index contributed by atoms with van der Waals surface area (Å²) < 4.78 is 0. The van der Waals surface area contributed by atoms with Crippen molar-refractivity contribution in [2.75, 3.05) is 0 Å². The molecule has 4 atom stereocenters. The molecule has 0 bridgehead atoms. The van der Waals surface area contributed by atoms with Crippen molar-refractivity contribution >= 4 is 5.78 Å². The van der Waals surface area contributed by atoms with Crippen molar-refractivity contribution < 1.29 is 15.0 Å². The van der Waals surface area contributed by atoms with Gasteiger partial charge in [0.2, 0.25) is 0 Å². The summed E-state index contributed by atoms with van der Waals surface area (Å²) in [6, 6.07) is 0. The maximum absolute atomic E-state index is 11.7. The van der Waals surface area contributed by atoms with E-state index in [2.05, 4.69) is 0 Å². The van der Waals surface area contributed by atoms with Gasteiger partial charge in [0.05, 0.1) is 6.10 Å². The number of hydrogen-bond donors (Lipinski definition) is 2. The van der Waals surface area contributed by atoms with Gasteiger partial charge in [-0.05, 0) is 45.1 Å². The lowest BCUT2D eigenvalue weighted by Gasteiger charge is -2.35. The van der Waals surface area contributed by atoms with Crippen LogP contribution in [0.15, 0.2) is 23.8 Å². The fourth-order valence-corrected chi connectivity index (χ4v) is 2.28. The Labute approximate surface area is 109 Å². The molecule has 0 aromatic heterocycles. The highest BCUT2D eigenvalue weighted by molar-refractivity contribution is 5.90. The zero-order valence-electron chi connectivity index (χ0n) is 11.7. The third kappa shape index (κ3) is 4.07. The quantitative estimate of drug-likeness (QED) is 0.596. The molecule has 1 rings (SSSR count). The number of rotatable bonds is 4. The molecule has 0 radical (unpaired) electrons. The predicted molar refractivity (Wildman–Crippen MR) is 72.1 cm³/mol. The zero-order chi connectivity index (χ0) is 13.9. The van der Waals surface area contributed by atoms with Crippen molar-refractivity contribution in [3.8, 4) is 0 Å². The SMILES string of the molecule is CC(C)=CC(=O)CC(C)[C@@H]1C=C[C@@](C)(O)C(O)C1. The summed E-state index contributed by atoms with van der Waals surface area (Å²) in [6.07, 6.45) is 5.46.